The van der Waals surface area contributed by atoms with E-state index in [2.05, 4.69) is 29.2 Å². The predicted octanol–water partition coefficient (Wildman–Crippen LogP) is -0.441. The van der Waals surface area contributed by atoms with Crippen LogP contribution in [0.5, 0.6) is 0 Å². The van der Waals surface area contributed by atoms with E-state index in [1.165, 1.54) is 19.5 Å². The Morgan fingerprint density at radius 3 is 2.62 bits per heavy atom. The Morgan fingerprint density at radius 2 is 2.00 bits per heavy atom. The molecule has 0 spiro atoms. The maximum absolute atomic E-state index is 6.33. The van der Waals surface area contributed by atoms with Crippen molar-refractivity contribution in [3.63, 3.8) is 0 Å². The second-order valence-electron chi connectivity index (χ2n) is 5.62. The number of hydrogen-bond donors (Lipinski definition) is 2. The molecule has 2 saturated heterocycles. The number of likely N-dealkylation sites (N-methyl/N-ethyl adjacent to an activating group) is 1. The summed E-state index contributed by atoms with van der Waals surface area (Å²) in [4.78, 5) is 4.79. The molecule has 2 rings (SSSR count). The summed E-state index contributed by atoms with van der Waals surface area (Å²) in [6.45, 7) is 5.83. The Hall–Kier alpha value is -0.160. The second kappa shape index (κ2) is 5.45. The van der Waals surface area contributed by atoms with Crippen molar-refractivity contribution in [1.29, 1.82) is 0 Å². The Kier molecular flexibility index (Phi) is 4.19. The van der Waals surface area contributed by atoms with Crippen LogP contribution >= 0.6 is 0 Å². The lowest BCUT2D eigenvalue weighted by atomic mass is 9.93. The van der Waals surface area contributed by atoms with Gasteiger partial charge in [0.15, 0.2) is 0 Å². The predicted molar refractivity (Wildman–Crippen MR) is 67.5 cm³/mol. The Labute approximate surface area is 99.2 Å². The highest BCUT2D eigenvalue weighted by atomic mass is 15.2. The van der Waals surface area contributed by atoms with Gasteiger partial charge in [0, 0.05) is 38.3 Å². The van der Waals surface area contributed by atoms with Gasteiger partial charge in [-0.15, -0.1) is 0 Å². The molecule has 3 atom stereocenters. The molecule has 3 unspecified atom stereocenters. The molecule has 4 nitrogen and oxygen atoms in total. The van der Waals surface area contributed by atoms with Crippen LogP contribution in [0.25, 0.3) is 0 Å². The highest BCUT2D eigenvalue weighted by molar-refractivity contribution is 4.87. The molecule has 0 radical (unpaired) electrons. The number of hydrogen-bond acceptors (Lipinski definition) is 4. The van der Waals surface area contributed by atoms with E-state index < -0.39 is 0 Å². The topological polar surface area (TPSA) is 44.5 Å². The van der Waals surface area contributed by atoms with Crippen LogP contribution in [0.15, 0.2) is 0 Å². The number of nitrogens with two attached hydrogens (primary N) is 1. The number of rotatable bonds is 3. The average Bonchev–Trinajstić information content (AvgIpc) is 2.65. The van der Waals surface area contributed by atoms with Gasteiger partial charge in [-0.3, -0.25) is 0 Å². The minimum Gasteiger partial charge on any atom is -0.327 e. The van der Waals surface area contributed by atoms with Crippen LogP contribution in [0.1, 0.15) is 12.8 Å². The van der Waals surface area contributed by atoms with Crippen LogP contribution in [0, 0.1) is 5.92 Å². The number of piperazine rings is 1. The van der Waals surface area contributed by atoms with Gasteiger partial charge in [-0.1, -0.05) is 0 Å². The van der Waals surface area contributed by atoms with Crippen LogP contribution in [-0.4, -0.2) is 68.7 Å². The van der Waals surface area contributed by atoms with Gasteiger partial charge in [-0.05, 0) is 39.4 Å². The zero-order chi connectivity index (χ0) is 11.5. The van der Waals surface area contributed by atoms with Gasteiger partial charge in [0.1, 0.15) is 0 Å². The Balaban J connectivity index is 1.75. The van der Waals surface area contributed by atoms with Crippen LogP contribution in [0.3, 0.4) is 0 Å². The SMILES string of the molecule is CN1CCNC(CC(N)C2CCN(C)C2)C1. The van der Waals surface area contributed by atoms with E-state index in [1.54, 1.807) is 0 Å². The highest BCUT2D eigenvalue weighted by Gasteiger charge is 2.28. The molecule has 2 heterocycles. The lowest BCUT2D eigenvalue weighted by Gasteiger charge is -2.33. The second-order valence-corrected chi connectivity index (χ2v) is 5.62. The summed E-state index contributed by atoms with van der Waals surface area (Å²) in [5.41, 5.74) is 6.33. The minimum absolute atomic E-state index is 0.369. The molecule has 3 N–H and O–H groups in total. The number of likely N-dealkylation sites (tertiary alicyclic amines) is 1. The van der Waals surface area contributed by atoms with Crippen molar-refractivity contribution in [2.45, 2.75) is 24.9 Å². The highest BCUT2D eigenvalue weighted by Crippen LogP contribution is 2.20. The van der Waals surface area contributed by atoms with E-state index in [-0.39, 0.29) is 0 Å². The lowest BCUT2D eigenvalue weighted by molar-refractivity contribution is 0.215. The first kappa shape index (κ1) is 12.3. The molecular weight excluding hydrogens is 200 g/mol. The number of nitrogens with zero attached hydrogens (tertiary/aromatic N) is 2. The fourth-order valence-electron chi connectivity index (χ4n) is 2.99. The van der Waals surface area contributed by atoms with E-state index in [0.717, 1.165) is 26.1 Å². The largest absolute Gasteiger partial charge is 0.327 e. The molecule has 0 aliphatic carbocycles. The fraction of sp³-hybridized carbons (Fsp3) is 1.00. The van der Waals surface area contributed by atoms with Crippen LogP contribution in [0.4, 0.5) is 0 Å². The fourth-order valence-corrected chi connectivity index (χ4v) is 2.99. The zero-order valence-electron chi connectivity index (χ0n) is 10.7. The maximum Gasteiger partial charge on any atom is 0.0210 e. The molecule has 0 saturated carbocycles. The van der Waals surface area contributed by atoms with Crippen molar-refractivity contribution < 1.29 is 0 Å². The average molecular weight is 226 g/mol. The van der Waals surface area contributed by atoms with Crippen molar-refractivity contribution in [2.24, 2.45) is 11.7 Å². The van der Waals surface area contributed by atoms with Gasteiger partial charge < -0.3 is 20.9 Å². The van der Waals surface area contributed by atoms with Gasteiger partial charge in [0.05, 0.1) is 0 Å². The molecule has 4 heteroatoms. The van der Waals surface area contributed by atoms with Crippen molar-refractivity contribution in [2.75, 3.05) is 46.8 Å². The normalized spacial score (nSPS) is 35.4. The van der Waals surface area contributed by atoms with Gasteiger partial charge >= 0.3 is 0 Å². The molecule has 0 amide bonds. The first-order valence-electron chi connectivity index (χ1n) is 6.51. The molecule has 94 valence electrons. The monoisotopic (exact) mass is 226 g/mol. The summed E-state index contributed by atoms with van der Waals surface area (Å²) in [5.74, 6) is 0.707. The molecule has 0 aromatic rings. The Bertz CT molecular complexity index is 221. The summed E-state index contributed by atoms with van der Waals surface area (Å²) in [6.07, 6.45) is 2.41. The van der Waals surface area contributed by atoms with Gasteiger partial charge in [-0.2, -0.15) is 0 Å². The third-order valence-electron chi connectivity index (χ3n) is 4.05. The van der Waals surface area contributed by atoms with Gasteiger partial charge in [0.25, 0.3) is 0 Å². The smallest absolute Gasteiger partial charge is 0.0210 e. The summed E-state index contributed by atoms with van der Waals surface area (Å²) in [7, 11) is 4.39. The summed E-state index contributed by atoms with van der Waals surface area (Å²) in [5, 5.41) is 3.58. The van der Waals surface area contributed by atoms with E-state index in [1.807, 2.05) is 0 Å². The maximum atomic E-state index is 6.33. The van der Waals surface area contributed by atoms with Crippen molar-refractivity contribution in [1.82, 2.24) is 15.1 Å². The van der Waals surface area contributed by atoms with E-state index in [4.69, 9.17) is 5.73 Å². The standard InChI is InChI=1S/C12H26N4/c1-15-5-3-10(8-15)12(13)7-11-9-16(2)6-4-14-11/h10-12,14H,3-9,13H2,1-2H3. The van der Waals surface area contributed by atoms with Crippen molar-refractivity contribution in [3.8, 4) is 0 Å². The summed E-state index contributed by atoms with van der Waals surface area (Å²) in [6, 6.07) is 0.966. The van der Waals surface area contributed by atoms with Crippen molar-refractivity contribution >= 4 is 0 Å². The lowest BCUT2D eigenvalue weighted by Crippen LogP contribution is -2.52. The molecule has 2 fully saturated rings. The van der Waals surface area contributed by atoms with Gasteiger partial charge in [0.2, 0.25) is 0 Å². The molecule has 0 aromatic heterocycles. The molecule has 16 heavy (non-hydrogen) atoms. The molecular formula is C12H26N4. The first-order chi connectivity index (χ1) is 7.65. The van der Waals surface area contributed by atoms with Crippen molar-refractivity contribution in [3.05, 3.63) is 0 Å². The van der Waals surface area contributed by atoms with E-state index in [0.29, 0.717) is 18.0 Å². The van der Waals surface area contributed by atoms with E-state index in [9.17, 15) is 0 Å². The van der Waals surface area contributed by atoms with Crippen LogP contribution < -0.4 is 11.1 Å². The molecule has 2 aliphatic heterocycles. The third kappa shape index (κ3) is 3.17. The quantitative estimate of drug-likeness (QED) is 0.685. The summed E-state index contributed by atoms with van der Waals surface area (Å²) < 4.78 is 0. The summed E-state index contributed by atoms with van der Waals surface area (Å²) >= 11 is 0. The Morgan fingerprint density at radius 1 is 1.25 bits per heavy atom. The zero-order valence-corrected chi connectivity index (χ0v) is 10.7. The molecule has 0 bridgehead atoms. The van der Waals surface area contributed by atoms with Gasteiger partial charge in [-0.25, -0.2) is 0 Å². The van der Waals surface area contributed by atoms with Crippen LogP contribution in [0.2, 0.25) is 0 Å². The first-order valence-corrected chi connectivity index (χ1v) is 6.51. The third-order valence-corrected chi connectivity index (χ3v) is 4.05. The van der Waals surface area contributed by atoms with Crippen LogP contribution in [-0.2, 0) is 0 Å². The molecule has 2 aliphatic rings. The number of nitrogens with one attached hydrogen (secondary N) is 1. The minimum atomic E-state index is 0.369. The van der Waals surface area contributed by atoms with E-state index >= 15 is 0 Å². The molecule has 0 aromatic carbocycles.